The fourth-order valence-electron chi connectivity index (χ4n) is 4.22. The number of nitrogens with one attached hydrogen (secondary N) is 1. The molecule has 1 heterocycles. The zero-order valence-corrected chi connectivity index (χ0v) is 12.3. The number of methoxy groups -OCH3 is 1. The molecule has 2 atom stereocenters. The molecule has 1 N–H and O–H groups in total. The molecule has 1 saturated heterocycles. The largest absolute Gasteiger partial charge is 0.373 e. The van der Waals surface area contributed by atoms with Crippen molar-refractivity contribution in [1.82, 2.24) is 5.32 Å². The molecule has 108 valence electrons. The van der Waals surface area contributed by atoms with E-state index in [1.165, 1.54) is 24.8 Å². The van der Waals surface area contributed by atoms with Crippen molar-refractivity contribution in [2.75, 3.05) is 20.2 Å². The maximum atomic E-state index is 11.7. The predicted octanol–water partition coefficient (Wildman–Crippen LogP) is 2.75. The highest BCUT2D eigenvalue weighted by Gasteiger charge is 2.51. The second kappa shape index (κ2) is 5.30. The van der Waals surface area contributed by atoms with Crippen LogP contribution in [0.5, 0.6) is 0 Å². The topological polar surface area (TPSA) is 38.3 Å². The van der Waals surface area contributed by atoms with Gasteiger partial charge in [-0.25, -0.2) is 0 Å². The molecule has 1 aliphatic carbocycles. The van der Waals surface area contributed by atoms with Gasteiger partial charge < -0.3 is 10.1 Å². The maximum Gasteiger partial charge on any atom is 0.159 e. The maximum absolute atomic E-state index is 11.7. The van der Waals surface area contributed by atoms with Crippen LogP contribution in [-0.2, 0) is 10.3 Å². The van der Waals surface area contributed by atoms with Crippen LogP contribution < -0.4 is 5.32 Å². The first kappa shape index (κ1) is 13.8. The van der Waals surface area contributed by atoms with Crippen LogP contribution in [0.4, 0.5) is 0 Å². The lowest BCUT2D eigenvalue weighted by atomic mass is 9.62. The molecular weight excluding hydrogens is 250 g/mol. The second-order valence-corrected chi connectivity index (χ2v) is 6.12. The number of fused-ring (bicyclic) bond motifs is 2. The van der Waals surface area contributed by atoms with Crippen LogP contribution in [0.25, 0.3) is 0 Å². The average molecular weight is 273 g/mol. The highest BCUT2D eigenvalue weighted by atomic mass is 16.5. The van der Waals surface area contributed by atoms with E-state index >= 15 is 0 Å². The van der Waals surface area contributed by atoms with Gasteiger partial charge in [0.2, 0.25) is 0 Å². The second-order valence-electron chi connectivity index (χ2n) is 6.12. The molecule has 2 fully saturated rings. The van der Waals surface area contributed by atoms with E-state index in [2.05, 4.69) is 11.4 Å². The highest BCUT2D eigenvalue weighted by Crippen LogP contribution is 2.49. The van der Waals surface area contributed by atoms with Crippen molar-refractivity contribution in [3.05, 3.63) is 35.4 Å². The Kier molecular flexibility index (Phi) is 3.65. The Balaban J connectivity index is 2.08. The van der Waals surface area contributed by atoms with Crippen LogP contribution in [0.15, 0.2) is 24.3 Å². The van der Waals surface area contributed by atoms with Crippen LogP contribution in [0.2, 0.25) is 0 Å². The molecule has 1 aromatic rings. The fraction of sp³-hybridized carbons (Fsp3) is 0.588. The highest BCUT2D eigenvalue weighted by molar-refractivity contribution is 5.94. The van der Waals surface area contributed by atoms with Gasteiger partial charge >= 0.3 is 0 Å². The average Bonchev–Trinajstić information content (AvgIpc) is 2.46. The zero-order chi connectivity index (χ0) is 14.2. The summed E-state index contributed by atoms with van der Waals surface area (Å²) >= 11 is 0. The smallest absolute Gasteiger partial charge is 0.159 e. The number of piperidine rings is 1. The van der Waals surface area contributed by atoms with Crippen molar-refractivity contribution in [2.24, 2.45) is 11.8 Å². The monoisotopic (exact) mass is 273 g/mol. The summed E-state index contributed by atoms with van der Waals surface area (Å²) < 4.78 is 6.12. The lowest BCUT2D eigenvalue weighted by Crippen LogP contribution is -2.57. The molecule has 3 rings (SSSR count). The molecule has 1 aromatic carbocycles. The molecule has 2 aliphatic rings. The van der Waals surface area contributed by atoms with Gasteiger partial charge in [-0.3, -0.25) is 4.79 Å². The zero-order valence-electron chi connectivity index (χ0n) is 12.3. The van der Waals surface area contributed by atoms with Crippen LogP contribution in [0.3, 0.4) is 0 Å². The molecular formula is C17H23NO2. The standard InChI is InChI=1S/C17H23NO2/c1-12(19)13-5-3-6-14(9-13)17(20-2)15-7-4-8-16(17)11-18-10-15/h3,5-6,9,15-16,18H,4,7-8,10-11H2,1-2H3. The Labute approximate surface area is 120 Å². The Bertz CT molecular complexity index is 489. The normalized spacial score (nSPS) is 32.9. The van der Waals surface area contributed by atoms with E-state index in [0.29, 0.717) is 11.8 Å². The van der Waals surface area contributed by atoms with Gasteiger partial charge in [-0.1, -0.05) is 24.6 Å². The van der Waals surface area contributed by atoms with E-state index < -0.39 is 0 Å². The Morgan fingerprint density at radius 1 is 1.30 bits per heavy atom. The molecule has 20 heavy (non-hydrogen) atoms. The summed E-state index contributed by atoms with van der Waals surface area (Å²) in [7, 11) is 1.83. The molecule has 3 heteroatoms. The number of rotatable bonds is 3. The van der Waals surface area contributed by atoms with Crippen LogP contribution in [-0.4, -0.2) is 26.0 Å². The van der Waals surface area contributed by atoms with E-state index in [4.69, 9.17) is 4.74 Å². The van der Waals surface area contributed by atoms with Gasteiger partial charge in [-0.2, -0.15) is 0 Å². The first-order valence-corrected chi connectivity index (χ1v) is 7.56. The first-order chi connectivity index (χ1) is 9.68. The first-order valence-electron chi connectivity index (χ1n) is 7.56. The molecule has 0 aromatic heterocycles. The molecule has 1 aliphatic heterocycles. The molecule has 1 saturated carbocycles. The van der Waals surface area contributed by atoms with Crippen molar-refractivity contribution in [1.29, 1.82) is 0 Å². The van der Waals surface area contributed by atoms with E-state index in [-0.39, 0.29) is 11.4 Å². The number of ketones is 1. The summed E-state index contributed by atoms with van der Waals surface area (Å²) in [4.78, 5) is 11.7. The molecule has 0 spiro atoms. The summed E-state index contributed by atoms with van der Waals surface area (Å²) in [6, 6.07) is 8.06. The third-order valence-electron chi connectivity index (χ3n) is 5.16. The van der Waals surface area contributed by atoms with Gasteiger partial charge in [0.1, 0.15) is 5.60 Å². The number of carbonyl (C=O) groups excluding carboxylic acids is 1. The van der Waals surface area contributed by atoms with Gasteiger partial charge in [0, 0.05) is 37.6 Å². The molecule has 2 bridgehead atoms. The molecule has 3 nitrogen and oxygen atoms in total. The van der Waals surface area contributed by atoms with E-state index in [1.807, 2.05) is 25.3 Å². The fourth-order valence-corrected chi connectivity index (χ4v) is 4.22. The molecule has 2 unspecified atom stereocenters. The quantitative estimate of drug-likeness (QED) is 0.861. The lowest BCUT2D eigenvalue weighted by molar-refractivity contribution is -0.144. The third kappa shape index (κ3) is 2.00. The number of Topliss-reactive ketones (excluding diaryl/α,β-unsaturated/α-hetero) is 1. The van der Waals surface area contributed by atoms with Gasteiger partial charge in [0.25, 0.3) is 0 Å². The van der Waals surface area contributed by atoms with Gasteiger partial charge in [-0.15, -0.1) is 0 Å². The van der Waals surface area contributed by atoms with Crippen molar-refractivity contribution in [3.8, 4) is 0 Å². The van der Waals surface area contributed by atoms with Crippen LogP contribution in [0, 0.1) is 11.8 Å². The van der Waals surface area contributed by atoms with E-state index in [0.717, 1.165) is 18.7 Å². The van der Waals surface area contributed by atoms with Gasteiger partial charge in [0.15, 0.2) is 5.78 Å². The summed E-state index contributed by atoms with van der Waals surface area (Å²) in [5.41, 5.74) is 1.76. The molecule has 0 amide bonds. The lowest BCUT2D eigenvalue weighted by Gasteiger charge is -2.52. The van der Waals surface area contributed by atoms with Crippen molar-refractivity contribution >= 4 is 5.78 Å². The van der Waals surface area contributed by atoms with E-state index in [9.17, 15) is 4.79 Å². The number of hydrogen-bond acceptors (Lipinski definition) is 3. The summed E-state index contributed by atoms with van der Waals surface area (Å²) in [6.07, 6.45) is 3.68. The minimum atomic E-state index is -0.213. The van der Waals surface area contributed by atoms with Crippen molar-refractivity contribution in [2.45, 2.75) is 31.8 Å². The Morgan fingerprint density at radius 3 is 2.60 bits per heavy atom. The summed E-state index contributed by atoms with van der Waals surface area (Å²) in [5.74, 6) is 1.13. The number of ether oxygens (including phenoxy) is 1. The number of benzene rings is 1. The van der Waals surface area contributed by atoms with E-state index in [1.54, 1.807) is 6.92 Å². The van der Waals surface area contributed by atoms with Crippen molar-refractivity contribution < 1.29 is 9.53 Å². The summed E-state index contributed by atoms with van der Waals surface area (Å²) in [5, 5.41) is 3.54. The van der Waals surface area contributed by atoms with Gasteiger partial charge in [-0.05, 0) is 31.4 Å². The Hall–Kier alpha value is -1.19. The van der Waals surface area contributed by atoms with Crippen LogP contribution >= 0.6 is 0 Å². The SMILES string of the molecule is COC1(c2cccc(C(C)=O)c2)C2CCCC1CNC2. The summed E-state index contributed by atoms with van der Waals surface area (Å²) in [6.45, 7) is 3.64. The number of carbonyl (C=O) groups is 1. The number of hydrogen-bond donors (Lipinski definition) is 1. The minimum Gasteiger partial charge on any atom is -0.373 e. The molecule has 0 radical (unpaired) electrons. The van der Waals surface area contributed by atoms with Gasteiger partial charge in [0.05, 0.1) is 0 Å². The van der Waals surface area contributed by atoms with Crippen LogP contribution in [0.1, 0.15) is 42.1 Å². The Morgan fingerprint density at radius 2 is 2.00 bits per heavy atom. The van der Waals surface area contributed by atoms with Crippen molar-refractivity contribution in [3.63, 3.8) is 0 Å². The predicted molar refractivity (Wildman–Crippen MR) is 78.8 cm³/mol. The third-order valence-corrected chi connectivity index (χ3v) is 5.16. The minimum absolute atomic E-state index is 0.122.